The summed E-state index contributed by atoms with van der Waals surface area (Å²) in [6.07, 6.45) is 3.12. The maximum absolute atomic E-state index is 10.9. The Morgan fingerprint density at radius 3 is 2.44 bits per heavy atom. The monoisotopic (exact) mass is 232 g/mol. The third-order valence-electron chi connectivity index (χ3n) is 2.21. The number of ether oxygens (including phenoxy) is 2. The maximum Gasteiger partial charge on any atom is 0.508 e. The molecule has 1 unspecified atom stereocenters. The van der Waals surface area contributed by atoms with Crippen LogP contribution in [0.25, 0.3) is 0 Å². The predicted octanol–water partition coefficient (Wildman–Crippen LogP) is 2.58. The third-order valence-corrected chi connectivity index (χ3v) is 2.21. The van der Waals surface area contributed by atoms with Crippen LogP contribution in [0.5, 0.6) is 0 Å². The summed E-state index contributed by atoms with van der Waals surface area (Å²) in [7, 11) is 1.21. The van der Waals surface area contributed by atoms with E-state index in [0.717, 1.165) is 25.7 Å². The Morgan fingerprint density at radius 2 is 1.94 bits per heavy atom. The largest absolute Gasteiger partial charge is 0.508 e. The van der Waals surface area contributed by atoms with E-state index >= 15 is 0 Å². The fraction of sp³-hybridized carbons (Fsp3) is 0.818. The molecule has 1 N–H and O–H groups in total. The van der Waals surface area contributed by atoms with Crippen molar-refractivity contribution >= 4 is 12.1 Å². The summed E-state index contributed by atoms with van der Waals surface area (Å²) >= 11 is 0. The van der Waals surface area contributed by atoms with E-state index in [0.29, 0.717) is 6.42 Å². The van der Waals surface area contributed by atoms with Crippen LogP contribution in [-0.4, -0.2) is 30.4 Å². The van der Waals surface area contributed by atoms with Gasteiger partial charge >= 0.3 is 12.1 Å². The zero-order valence-corrected chi connectivity index (χ0v) is 9.90. The molecule has 0 aliphatic carbocycles. The van der Waals surface area contributed by atoms with Crippen molar-refractivity contribution in [3.63, 3.8) is 0 Å². The number of unbranched alkanes of at least 4 members (excludes halogenated alkanes) is 3. The average molecular weight is 232 g/mol. The van der Waals surface area contributed by atoms with Crippen molar-refractivity contribution in [2.24, 2.45) is 0 Å². The second-order valence-electron chi connectivity index (χ2n) is 3.64. The van der Waals surface area contributed by atoms with Crippen LogP contribution >= 0.6 is 0 Å². The van der Waals surface area contributed by atoms with Crippen LogP contribution in [0.4, 0.5) is 4.79 Å². The summed E-state index contributed by atoms with van der Waals surface area (Å²) in [6.45, 7) is 2.10. The number of carbonyl (C=O) groups excluding carboxylic acids is 1. The quantitative estimate of drug-likeness (QED) is 0.514. The molecule has 94 valence electrons. The Hall–Kier alpha value is -1.26. The topological polar surface area (TPSA) is 72.8 Å². The molecule has 0 aromatic carbocycles. The van der Waals surface area contributed by atoms with Crippen LogP contribution in [0.15, 0.2) is 0 Å². The highest BCUT2D eigenvalue weighted by Crippen LogP contribution is 2.12. The van der Waals surface area contributed by atoms with E-state index in [1.807, 2.05) is 0 Å². The van der Waals surface area contributed by atoms with Crippen LogP contribution in [-0.2, 0) is 14.3 Å². The van der Waals surface area contributed by atoms with Gasteiger partial charge in [0.25, 0.3) is 0 Å². The number of rotatable bonds is 8. The standard InChI is InChI=1S/C11H20O5/c1-3-4-5-6-7-9(8-10(12)13)16-11(14)15-2/h9H,3-8H2,1-2H3,(H,12,13). The van der Waals surface area contributed by atoms with Crippen molar-refractivity contribution in [3.05, 3.63) is 0 Å². The molecule has 5 heteroatoms. The van der Waals surface area contributed by atoms with Gasteiger partial charge < -0.3 is 14.6 Å². The molecule has 16 heavy (non-hydrogen) atoms. The minimum Gasteiger partial charge on any atom is -0.481 e. The summed E-state index contributed by atoms with van der Waals surface area (Å²) in [5, 5.41) is 8.64. The van der Waals surface area contributed by atoms with Crippen molar-refractivity contribution in [2.45, 2.75) is 51.6 Å². The number of methoxy groups -OCH3 is 1. The van der Waals surface area contributed by atoms with Crippen LogP contribution < -0.4 is 0 Å². The number of hydrogen-bond donors (Lipinski definition) is 1. The van der Waals surface area contributed by atoms with Crippen LogP contribution in [0.3, 0.4) is 0 Å². The van der Waals surface area contributed by atoms with Crippen LogP contribution in [0.1, 0.15) is 45.4 Å². The molecule has 0 aliphatic rings. The lowest BCUT2D eigenvalue weighted by Crippen LogP contribution is -2.21. The van der Waals surface area contributed by atoms with Gasteiger partial charge in [-0.1, -0.05) is 26.2 Å². The molecule has 5 nitrogen and oxygen atoms in total. The Bertz CT molecular complexity index is 214. The highest BCUT2D eigenvalue weighted by atomic mass is 16.7. The Balaban J connectivity index is 3.90. The third kappa shape index (κ3) is 8.08. The Labute approximate surface area is 95.7 Å². The zero-order chi connectivity index (χ0) is 12.4. The molecule has 0 bridgehead atoms. The fourth-order valence-electron chi connectivity index (χ4n) is 1.38. The molecule has 0 aromatic rings. The van der Waals surface area contributed by atoms with Crippen molar-refractivity contribution in [1.29, 1.82) is 0 Å². The molecular formula is C11H20O5. The van der Waals surface area contributed by atoms with Crippen molar-refractivity contribution in [3.8, 4) is 0 Å². The molecule has 0 rings (SSSR count). The number of aliphatic carboxylic acids is 1. The summed E-state index contributed by atoms with van der Waals surface area (Å²) in [5.74, 6) is -0.968. The second kappa shape index (κ2) is 9.00. The van der Waals surface area contributed by atoms with E-state index in [2.05, 4.69) is 11.7 Å². The lowest BCUT2D eigenvalue weighted by Gasteiger charge is -2.14. The molecule has 1 atom stereocenters. The summed E-state index contributed by atoms with van der Waals surface area (Å²) in [5.41, 5.74) is 0. The van der Waals surface area contributed by atoms with Gasteiger partial charge in [0.05, 0.1) is 13.5 Å². The van der Waals surface area contributed by atoms with Gasteiger partial charge in [0.1, 0.15) is 6.10 Å². The normalized spacial score (nSPS) is 11.9. The average Bonchev–Trinajstić information content (AvgIpc) is 2.23. The first-order valence-corrected chi connectivity index (χ1v) is 5.56. The SMILES string of the molecule is CCCCCCC(CC(=O)O)OC(=O)OC. The number of carboxylic acids is 1. The van der Waals surface area contributed by atoms with Crippen molar-refractivity contribution in [2.75, 3.05) is 7.11 Å². The van der Waals surface area contributed by atoms with E-state index < -0.39 is 18.2 Å². The number of hydrogen-bond acceptors (Lipinski definition) is 4. The second-order valence-corrected chi connectivity index (χ2v) is 3.64. The van der Waals surface area contributed by atoms with Gasteiger partial charge in [-0.05, 0) is 12.8 Å². The first kappa shape index (κ1) is 14.7. The minimum absolute atomic E-state index is 0.165. The van der Waals surface area contributed by atoms with Crippen LogP contribution in [0, 0.1) is 0 Å². The lowest BCUT2D eigenvalue weighted by atomic mass is 10.1. The van der Waals surface area contributed by atoms with Gasteiger partial charge in [0.2, 0.25) is 0 Å². The molecule has 0 aliphatic heterocycles. The first-order valence-electron chi connectivity index (χ1n) is 5.56. The van der Waals surface area contributed by atoms with E-state index in [1.54, 1.807) is 0 Å². The van der Waals surface area contributed by atoms with Crippen LogP contribution in [0.2, 0.25) is 0 Å². The van der Waals surface area contributed by atoms with Gasteiger partial charge in [-0.3, -0.25) is 4.79 Å². The number of carbonyl (C=O) groups is 2. The highest BCUT2D eigenvalue weighted by molar-refractivity contribution is 5.68. The molecule has 0 aromatic heterocycles. The first-order chi connectivity index (χ1) is 7.60. The van der Waals surface area contributed by atoms with E-state index in [9.17, 15) is 9.59 Å². The fourth-order valence-corrected chi connectivity index (χ4v) is 1.38. The van der Waals surface area contributed by atoms with E-state index in [-0.39, 0.29) is 6.42 Å². The van der Waals surface area contributed by atoms with Crippen molar-refractivity contribution < 1.29 is 24.2 Å². The smallest absolute Gasteiger partial charge is 0.481 e. The Kier molecular flexibility index (Phi) is 8.29. The predicted molar refractivity (Wildman–Crippen MR) is 58.3 cm³/mol. The Morgan fingerprint density at radius 1 is 1.25 bits per heavy atom. The molecule has 0 amide bonds. The van der Waals surface area contributed by atoms with Gasteiger partial charge in [-0.2, -0.15) is 0 Å². The summed E-state index contributed by atoms with van der Waals surface area (Å²) < 4.78 is 9.18. The highest BCUT2D eigenvalue weighted by Gasteiger charge is 2.17. The van der Waals surface area contributed by atoms with Crippen molar-refractivity contribution in [1.82, 2.24) is 0 Å². The zero-order valence-electron chi connectivity index (χ0n) is 9.90. The van der Waals surface area contributed by atoms with E-state index in [1.165, 1.54) is 7.11 Å². The maximum atomic E-state index is 10.9. The molecule has 0 saturated heterocycles. The van der Waals surface area contributed by atoms with Gasteiger partial charge in [0, 0.05) is 0 Å². The molecule has 0 radical (unpaired) electrons. The summed E-state index contributed by atoms with van der Waals surface area (Å²) in [4.78, 5) is 21.4. The van der Waals surface area contributed by atoms with E-state index in [4.69, 9.17) is 9.84 Å². The molecule has 0 spiro atoms. The molecule has 0 saturated carbocycles. The molecular weight excluding hydrogens is 212 g/mol. The minimum atomic E-state index is -0.968. The summed E-state index contributed by atoms with van der Waals surface area (Å²) in [6, 6.07) is 0. The lowest BCUT2D eigenvalue weighted by molar-refractivity contribution is -0.139. The van der Waals surface area contributed by atoms with Gasteiger partial charge in [-0.15, -0.1) is 0 Å². The van der Waals surface area contributed by atoms with Gasteiger partial charge in [-0.25, -0.2) is 4.79 Å². The number of carboxylic acid groups (broad SMARTS) is 1. The molecule has 0 fully saturated rings. The van der Waals surface area contributed by atoms with Gasteiger partial charge in [0.15, 0.2) is 0 Å². The molecule has 0 heterocycles.